The molecule has 4 nitrogen and oxygen atoms in total. The normalized spacial score (nSPS) is 10.7. The lowest BCUT2D eigenvalue weighted by Gasteiger charge is -2.11. The number of carbonyl (C=O) groups is 1. The number of nitrogens with one attached hydrogen (secondary N) is 1. The van der Waals surface area contributed by atoms with E-state index in [0.717, 1.165) is 27.7 Å². The van der Waals surface area contributed by atoms with E-state index in [4.69, 9.17) is 0 Å². The number of amides is 1. The third-order valence-corrected chi connectivity index (χ3v) is 4.13. The first-order chi connectivity index (χ1) is 10.9. The quantitative estimate of drug-likeness (QED) is 0.667. The molecule has 2 aromatic rings. The molecule has 122 valence electrons. The molecule has 0 atom stereocenters. The van der Waals surface area contributed by atoms with Crippen LogP contribution in [-0.4, -0.2) is 22.1 Å². The summed E-state index contributed by atoms with van der Waals surface area (Å²) in [4.78, 5) is 20.9. The van der Waals surface area contributed by atoms with Crippen LogP contribution in [0.3, 0.4) is 0 Å². The van der Waals surface area contributed by atoms with Crippen LogP contribution >= 0.6 is 11.8 Å². The molecule has 0 spiro atoms. The fraction of sp³-hybridized carbons (Fsp3) is 0.353. The Balaban J connectivity index is 2.03. The zero-order valence-corrected chi connectivity index (χ0v) is 14.6. The van der Waals surface area contributed by atoms with Gasteiger partial charge in [-0.25, -0.2) is 14.4 Å². The summed E-state index contributed by atoms with van der Waals surface area (Å²) >= 11 is 1.49. The van der Waals surface area contributed by atoms with Gasteiger partial charge >= 0.3 is 0 Å². The highest BCUT2D eigenvalue weighted by atomic mass is 32.2. The minimum atomic E-state index is -0.427. The van der Waals surface area contributed by atoms with E-state index >= 15 is 0 Å². The molecule has 23 heavy (non-hydrogen) atoms. The highest BCUT2D eigenvalue weighted by Crippen LogP contribution is 2.19. The van der Waals surface area contributed by atoms with Crippen LogP contribution in [0.5, 0.6) is 0 Å². The van der Waals surface area contributed by atoms with Crippen molar-refractivity contribution in [2.75, 3.05) is 11.6 Å². The second kappa shape index (κ2) is 7.55. The Morgan fingerprint density at radius 2 is 1.87 bits per heavy atom. The Morgan fingerprint density at radius 1 is 1.22 bits per heavy atom. The summed E-state index contributed by atoms with van der Waals surface area (Å²) in [5.74, 6) is -0.647. The predicted molar refractivity (Wildman–Crippen MR) is 91.4 cm³/mol. The first-order valence-corrected chi connectivity index (χ1v) is 8.57. The van der Waals surface area contributed by atoms with Gasteiger partial charge in [-0.1, -0.05) is 17.8 Å². The van der Waals surface area contributed by atoms with Gasteiger partial charge in [-0.15, -0.1) is 0 Å². The van der Waals surface area contributed by atoms with Gasteiger partial charge in [0.15, 0.2) is 5.16 Å². The minimum Gasteiger partial charge on any atom is -0.324 e. The van der Waals surface area contributed by atoms with Crippen LogP contribution in [0.15, 0.2) is 23.4 Å². The maximum absolute atomic E-state index is 13.7. The third-order valence-electron chi connectivity index (χ3n) is 3.58. The van der Waals surface area contributed by atoms with E-state index in [1.54, 1.807) is 12.1 Å². The van der Waals surface area contributed by atoms with Crippen molar-refractivity contribution in [2.24, 2.45) is 0 Å². The summed E-state index contributed by atoms with van der Waals surface area (Å²) in [7, 11) is 0. The standard InChI is InChI=1S/C17H20FN3OS/c1-10-5-7-14(18)15(9-10)21-16(22)8-6-13-11(2)19-17(23-4)20-12(13)3/h5,7,9H,6,8H2,1-4H3,(H,21,22). The fourth-order valence-corrected chi connectivity index (χ4v) is 2.80. The van der Waals surface area contributed by atoms with Crippen LogP contribution in [0.4, 0.5) is 10.1 Å². The molecule has 0 bridgehead atoms. The van der Waals surface area contributed by atoms with Gasteiger partial charge in [0.2, 0.25) is 5.91 Å². The maximum Gasteiger partial charge on any atom is 0.224 e. The Morgan fingerprint density at radius 3 is 2.48 bits per heavy atom. The number of carbonyl (C=O) groups excluding carboxylic acids is 1. The summed E-state index contributed by atoms with van der Waals surface area (Å²) in [6.45, 7) is 5.69. The van der Waals surface area contributed by atoms with E-state index in [-0.39, 0.29) is 18.0 Å². The van der Waals surface area contributed by atoms with Gasteiger partial charge in [0, 0.05) is 17.8 Å². The van der Waals surface area contributed by atoms with Crippen LogP contribution in [0.1, 0.15) is 28.9 Å². The summed E-state index contributed by atoms with van der Waals surface area (Å²) in [5, 5.41) is 3.36. The van der Waals surface area contributed by atoms with Crippen molar-refractivity contribution >= 4 is 23.4 Å². The maximum atomic E-state index is 13.7. The topological polar surface area (TPSA) is 54.9 Å². The molecule has 0 fully saturated rings. The Bertz CT molecular complexity index is 711. The number of benzene rings is 1. The van der Waals surface area contributed by atoms with Crippen LogP contribution < -0.4 is 5.32 Å². The largest absolute Gasteiger partial charge is 0.324 e. The molecule has 1 aromatic carbocycles. The molecule has 1 N–H and O–H groups in total. The third kappa shape index (κ3) is 4.51. The SMILES string of the molecule is CSc1nc(C)c(CCC(=O)Nc2cc(C)ccc2F)c(C)n1. The number of hydrogen-bond acceptors (Lipinski definition) is 4. The second-order valence-corrected chi connectivity index (χ2v) is 6.16. The van der Waals surface area contributed by atoms with E-state index < -0.39 is 5.82 Å². The summed E-state index contributed by atoms with van der Waals surface area (Å²) < 4.78 is 13.7. The number of aryl methyl sites for hydroxylation is 3. The number of hydrogen-bond donors (Lipinski definition) is 1. The number of anilines is 1. The molecule has 0 aliphatic heterocycles. The molecule has 1 amide bonds. The molecular weight excluding hydrogens is 313 g/mol. The lowest BCUT2D eigenvalue weighted by atomic mass is 10.1. The van der Waals surface area contributed by atoms with Crippen molar-refractivity contribution in [1.29, 1.82) is 0 Å². The Kier molecular flexibility index (Phi) is 5.71. The van der Waals surface area contributed by atoms with Crippen molar-refractivity contribution in [3.63, 3.8) is 0 Å². The number of aromatic nitrogens is 2. The van der Waals surface area contributed by atoms with Gasteiger partial charge in [0.1, 0.15) is 5.82 Å². The van der Waals surface area contributed by atoms with E-state index in [9.17, 15) is 9.18 Å². The molecule has 1 heterocycles. The van der Waals surface area contributed by atoms with Crippen molar-refractivity contribution in [2.45, 2.75) is 38.8 Å². The average molecular weight is 333 g/mol. The first kappa shape index (κ1) is 17.4. The number of nitrogens with zero attached hydrogens (tertiary/aromatic N) is 2. The number of halogens is 1. The summed E-state index contributed by atoms with van der Waals surface area (Å²) in [5.41, 5.74) is 3.86. The van der Waals surface area contributed by atoms with Crippen LogP contribution in [0.2, 0.25) is 0 Å². The Labute approximate surface area is 139 Å². The highest BCUT2D eigenvalue weighted by molar-refractivity contribution is 7.98. The average Bonchev–Trinajstić information content (AvgIpc) is 2.49. The second-order valence-electron chi connectivity index (χ2n) is 5.39. The molecule has 0 saturated heterocycles. The van der Waals surface area contributed by atoms with E-state index in [1.807, 2.05) is 27.0 Å². The van der Waals surface area contributed by atoms with E-state index in [2.05, 4.69) is 15.3 Å². The molecule has 0 unspecified atom stereocenters. The lowest BCUT2D eigenvalue weighted by Crippen LogP contribution is -2.14. The predicted octanol–water partition coefficient (Wildman–Crippen LogP) is 3.83. The first-order valence-electron chi connectivity index (χ1n) is 7.35. The number of rotatable bonds is 5. The fourth-order valence-electron chi connectivity index (χ4n) is 2.35. The summed E-state index contributed by atoms with van der Waals surface area (Å²) in [6.07, 6.45) is 2.72. The highest BCUT2D eigenvalue weighted by Gasteiger charge is 2.12. The zero-order valence-electron chi connectivity index (χ0n) is 13.7. The molecule has 2 rings (SSSR count). The summed E-state index contributed by atoms with van der Waals surface area (Å²) in [6, 6.07) is 4.65. The van der Waals surface area contributed by atoms with Gasteiger partial charge in [-0.2, -0.15) is 0 Å². The van der Waals surface area contributed by atoms with Gasteiger partial charge in [0.05, 0.1) is 5.69 Å². The number of thioether (sulfide) groups is 1. The molecular formula is C17H20FN3OS. The van der Waals surface area contributed by atoms with Crippen molar-refractivity contribution in [1.82, 2.24) is 9.97 Å². The molecule has 1 aromatic heterocycles. The minimum absolute atomic E-state index is 0.220. The Hall–Kier alpha value is -1.95. The van der Waals surface area contributed by atoms with E-state index in [0.29, 0.717) is 6.42 Å². The van der Waals surface area contributed by atoms with Gasteiger partial charge < -0.3 is 5.32 Å². The molecule has 0 aliphatic carbocycles. The van der Waals surface area contributed by atoms with Crippen molar-refractivity contribution in [3.05, 3.63) is 46.5 Å². The molecule has 0 radical (unpaired) electrons. The van der Waals surface area contributed by atoms with Crippen molar-refractivity contribution < 1.29 is 9.18 Å². The monoisotopic (exact) mass is 333 g/mol. The van der Waals surface area contributed by atoms with Crippen LogP contribution in [0.25, 0.3) is 0 Å². The van der Waals surface area contributed by atoms with Crippen molar-refractivity contribution in [3.8, 4) is 0 Å². The molecule has 6 heteroatoms. The van der Waals surface area contributed by atoms with Gasteiger partial charge in [-0.05, 0) is 56.7 Å². The molecule has 0 saturated carbocycles. The zero-order chi connectivity index (χ0) is 17.0. The van der Waals surface area contributed by atoms with Gasteiger partial charge in [-0.3, -0.25) is 4.79 Å². The molecule has 0 aliphatic rings. The smallest absolute Gasteiger partial charge is 0.224 e. The van der Waals surface area contributed by atoms with Crippen LogP contribution in [-0.2, 0) is 11.2 Å². The lowest BCUT2D eigenvalue weighted by molar-refractivity contribution is -0.116. The van der Waals surface area contributed by atoms with Gasteiger partial charge in [0.25, 0.3) is 0 Å². The van der Waals surface area contributed by atoms with Crippen LogP contribution in [0, 0.1) is 26.6 Å². The van der Waals surface area contributed by atoms with E-state index in [1.165, 1.54) is 17.8 Å².